The van der Waals surface area contributed by atoms with E-state index in [0.717, 1.165) is 42.2 Å². The van der Waals surface area contributed by atoms with Gasteiger partial charge in [-0.3, -0.25) is 4.99 Å². The Bertz CT molecular complexity index is 671. The lowest BCUT2D eigenvalue weighted by molar-refractivity contribution is 0.510. The van der Waals surface area contributed by atoms with Gasteiger partial charge in [0.05, 0.1) is 6.26 Å². The van der Waals surface area contributed by atoms with Gasteiger partial charge in [-0.2, -0.15) is 0 Å². The van der Waals surface area contributed by atoms with Gasteiger partial charge in [-0.15, -0.1) is 30.6 Å². The van der Waals surface area contributed by atoms with Crippen LogP contribution in [0.25, 0.3) is 0 Å². The Labute approximate surface area is 165 Å². The molecule has 4 nitrogen and oxygen atoms in total. The molecule has 136 valence electrons. The second kappa shape index (κ2) is 11.7. The molecular formula is C19H25FIN3O. The Morgan fingerprint density at radius 2 is 2.12 bits per heavy atom. The summed E-state index contributed by atoms with van der Waals surface area (Å²) in [5.41, 5.74) is 2.09. The minimum atomic E-state index is -0.197. The number of benzene rings is 1. The molecule has 2 N–H and O–H groups in total. The van der Waals surface area contributed by atoms with Crippen molar-refractivity contribution in [1.82, 2.24) is 10.6 Å². The van der Waals surface area contributed by atoms with Crippen molar-refractivity contribution in [1.29, 1.82) is 0 Å². The second-order valence-electron chi connectivity index (χ2n) is 5.48. The summed E-state index contributed by atoms with van der Waals surface area (Å²) in [6.07, 6.45) is 5.01. The van der Waals surface area contributed by atoms with Crippen LogP contribution < -0.4 is 10.6 Å². The Morgan fingerprint density at radius 1 is 1.28 bits per heavy atom. The number of furan rings is 1. The topological polar surface area (TPSA) is 49.6 Å². The van der Waals surface area contributed by atoms with E-state index in [1.165, 1.54) is 6.07 Å². The van der Waals surface area contributed by atoms with Crippen LogP contribution in [0.2, 0.25) is 0 Å². The maximum atomic E-state index is 13.1. The molecule has 0 spiro atoms. The van der Waals surface area contributed by atoms with Crippen molar-refractivity contribution in [3.63, 3.8) is 0 Å². The minimum Gasteiger partial charge on any atom is -0.469 e. The van der Waals surface area contributed by atoms with E-state index < -0.39 is 0 Å². The molecule has 1 heterocycles. The number of hydrogen-bond donors (Lipinski definition) is 2. The predicted octanol–water partition coefficient (Wildman–Crippen LogP) is 3.85. The molecule has 0 saturated carbocycles. The standard InChI is InChI=1S/C19H24FN3O.HI/c1-3-10-21-19(23-12-9-18-5-4-13-24-18)22-11-8-16-6-7-17(20)14-15(16)2;/h3-7,13-14H,1,8-12H2,2H3,(H2,21,22,23);1H. The van der Waals surface area contributed by atoms with Crippen molar-refractivity contribution < 1.29 is 8.81 Å². The fraction of sp³-hybridized carbons (Fsp3) is 0.316. The smallest absolute Gasteiger partial charge is 0.191 e. The van der Waals surface area contributed by atoms with Crippen LogP contribution in [0.5, 0.6) is 0 Å². The van der Waals surface area contributed by atoms with Crippen molar-refractivity contribution in [3.05, 3.63) is 72.0 Å². The fourth-order valence-electron chi connectivity index (χ4n) is 2.33. The van der Waals surface area contributed by atoms with Crippen molar-refractivity contribution in [2.24, 2.45) is 4.99 Å². The van der Waals surface area contributed by atoms with Crippen LogP contribution in [0.4, 0.5) is 4.39 Å². The molecule has 2 rings (SSSR count). The summed E-state index contributed by atoms with van der Waals surface area (Å²) < 4.78 is 18.4. The van der Waals surface area contributed by atoms with Crippen molar-refractivity contribution >= 4 is 29.9 Å². The third kappa shape index (κ3) is 7.72. The summed E-state index contributed by atoms with van der Waals surface area (Å²) in [6, 6.07) is 8.70. The van der Waals surface area contributed by atoms with Crippen molar-refractivity contribution in [3.8, 4) is 0 Å². The summed E-state index contributed by atoms with van der Waals surface area (Å²) in [4.78, 5) is 4.53. The number of halogens is 2. The molecule has 25 heavy (non-hydrogen) atoms. The highest BCUT2D eigenvalue weighted by Gasteiger charge is 2.02. The molecule has 0 aliphatic carbocycles. The molecule has 6 heteroatoms. The van der Waals surface area contributed by atoms with Crippen LogP contribution in [0.3, 0.4) is 0 Å². The lowest BCUT2D eigenvalue weighted by Gasteiger charge is -2.12. The molecule has 0 aliphatic rings. The monoisotopic (exact) mass is 457 g/mol. The predicted molar refractivity (Wildman–Crippen MR) is 111 cm³/mol. The first-order valence-corrected chi connectivity index (χ1v) is 8.09. The minimum absolute atomic E-state index is 0. The highest BCUT2D eigenvalue weighted by molar-refractivity contribution is 14.0. The van der Waals surface area contributed by atoms with Gasteiger partial charge in [-0.1, -0.05) is 12.1 Å². The van der Waals surface area contributed by atoms with Gasteiger partial charge >= 0.3 is 0 Å². The molecule has 0 fully saturated rings. The third-order valence-corrected chi connectivity index (χ3v) is 3.61. The average molecular weight is 457 g/mol. The van der Waals surface area contributed by atoms with Crippen LogP contribution in [0.1, 0.15) is 16.9 Å². The maximum Gasteiger partial charge on any atom is 0.191 e. The van der Waals surface area contributed by atoms with Gasteiger partial charge in [0.25, 0.3) is 0 Å². The number of hydrogen-bond acceptors (Lipinski definition) is 2. The molecular weight excluding hydrogens is 432 g/mol. The summed E-state index contributed by atoms with van der Waals surface area (Å²) in [5, 5.41) is 6.48. The lowest BCUT2D eigenvalue weighted by atomic mass is 10.1. The van der Waals surface area contributed by atoms with Gasteiger partial charge in [0.1, 0.15) is 11.6 Å². The average Bonchev–Trinajstić information content (AvgIpc) is 3.07. The molecule has 1 aromatic carbocycles. The van der Waals surface area contributed by atoms with E-state index in [2.05, 4.69) is 22.2 Å². The van der Waals surface area contributed by atoms with E-state index >= 15 is 0 Å². The molecule has 0 amide bonds. The van der Waals surface area contributed by atoms with Gasteiger partial charge in [-0.25, -0.2) is 4.39 Å². The quantitative estimate of drug-likeness (QED) is 0.274. The maximum absolute atomic E-state index is 13.1. The largest absolute Gasteiger partial charge is 0.469 e. The highest BCUT2D eigenvalue weighted by atomic mass is 127. The normalized spacial score (nSPS) is 10.9. The molecule has 0 saturated heterocycles. The van der Waals surface area contributed by atoms with Gasteiger partial charge in [0.15, 0.2) is 5.96 Å². The van der Waals surface area contributed by atoms with E-state index in [0.29, 0.717) is 13.1 Å². The number of nitrogens with zero attached hydrogens (tertiary/aromatic N) is 1. The van der Waals surface area contributed by atoms with E-state index in [1.807, 2.05) is 25.1 Å². The zero-order valence-electron chi connectivity index (χ0n) is 14.4. The molecule has 0 atom stereocenters. The van der Waals surface area contributed by atoms with Crippen molar-refractivity contribution in [2.75, 3.05) is 19.6 Å². The molecule has 1 aromatic heterocycles. The Balaban J connectivity index is 0.00000312. The van der Waals surface area contributed by atoms with Gasteiger partial charge in [0, 0.05) is 26.1 Å². The first-order chi connectivity index (χ1) is 11.7. The van der Waals surface area contributed by atoms with Crippen molar-refractivity contribution in [2.45, 2.75) is 19.8 Å². The van der Waals surface area contributed by atoms with E-state index in [-0.39, 0.29) is 29.8 Å². The summed E-state index contributed by atoms with van der Waals surface area (Å²) in [5.74, 6) is 1.46. The molecule has 0 radical (unpaired) electrons. The summed E-state index contributed by atoms with van der Waals surface area (Å²) in [6.45, 7) is 7.62. The number of nitrogens with one attached hydrogen (secondary N) is 2. The zero-order chi connectivity index (χ0) is 17.2. The molecule has 0 aliphatic heterocycles. The highest BCUT2D eigenvalue weighted by Crippen LogP contribution is 2.10. The van der Waals surface area contributed by atoms with Gasteiger partial charge in [0.2, 0.25) is 0 Å². The Kier molecular flexibility index (Phi) is 9.91. The first-order valence-electron chi connectivity index (χ1n) is 8.09. The van der Waals surface area contributed by atoms with E-state index in [1.54, 1.807) is 18.4 Å². The van der Waals surface area contributed by atoms with E-state index in [9.17, 15) is 4.39 Å². The van der Waals surface area contributed by atoms with Gasteiger partial charge < -0.3 is 15.1 Å². The third-order valence-electron chi connectivity index (χ3n) is 3.61. The summed E-state index contributed by atoms with van der Waals surface area (Å²) in [7, 11) is 0. The SMILES string of the molecule is C=CCNC(=NCCc1ccco1)NCCc1ccc(F)cc1C.I. The number of aliphatic imine (C=N–C) groups is 1. The summed E-state index contributed by atoms with van der Waals surface area (Å²) >= 11 is 0. The first kappa shape index (κ1) is 21.2. The van der Waals surface area contributed by atoms with E-state index in [4.69, 9.17) is 4.42 Å². The molecule has 2 aromatic rings. The van der Waals surface area contributed by atoms with Crippen LogP contribution in [-0.2, 0) is 12.8 Å². The van der Waals surface area contributed by atoms with Crippen LogP contribution in [-0.4, -0.2) is 25.6 Å². The zero-order valence-corrected chi connectivity index (χ0v) is 16.8. The lowest BCUT2D eigenvalue weighted by Crippen LogP contribution is -2.38. The van der Waals surface area contributed by atoms with Crippen LogP contribution in [0.15, 0.2) is 58.7 Å². The number of rotatable bonds is 8. The Morgan fingerprint density at radius 3 is 2.80 bits per heavy atom. The van der Waals surface area contributed by atoms with Crippen LogP contribution in [0, 0.1) is 12.7 Å². The van der Waals surface area contributed by atoms with Crippen LogP contribution >= 0.6 is 24.0 Å². The second-order valence-corrected chi connectivity index (χ2v) is 5.48. The fourth-order valence-corrected chi connectivity index (χ4v) is 2.33. The number of aryl methyl sites for hydroxylation is 1. The number of guanidine groups is 1. The van der Waals surface area contributed by atoms with Gasteiger partial charge in [-0.05, 0) is 48.7 Å². The molecule has 0 unspecified atom stereocenters. The molecule has 0 bridgehead atoms. The Hall–Kier alpha value is -1.83.